The van der Waals surface area contributed by atoms with Gasteiger partial charge in [0.25, 0.3) is 0 Å². The summed E-state index contributed by atoms with van der Waals surface area (Å²) in [7, 11) is 0. The lowest BCUT2D eigenvalue weighted by molar-refractivity contribution is -0.136. The third kappa shape index (κ3) is 3.36. The fraction of sp³-hybridized carbons (Fsp3) is 0.429. The van der Waals surface area contributed by atoms with Crippen molar-refractivity contribution < 1.29 is 9.90 Å². The molecule has 2 rings (SSSR count). The summed E-state index contributed by atoms with van der Waals surface area (Å²) >= 11 is 0. The molecule has 1 N–H and O–H groups in total. The summed E-state index contributed by atoms with van der Waals surface area (Å²) in [6, 6.07) is 0. The van der Waals surface area contributed by atoms with E-state index < -0.39 is 5.97 Å². The van der Waals surface area contributed by atoms with Crippen molar-refractivity contribution in [3.63, 3.8) is 0 Å². The second-order valence-corrected chi connectivity index (χ2v) is 5.05. The van der Waals surface area contributed by atoms with E-state index in [9.17, 15) is 9.59 Å². The van der Waals surface area contributed by atoms with E-state index in [4.69, 9.17) is 5.11 Å². The van der Waals surface area contributed by atoms with Crippen LogP contribution >= 0.6 is 0 Å². The fourth-order valence-electron chi connectivity index (χ4n) is 2.30. The Morgan fingerprint density at radius 2 is 2.00 bits per heavy atom. The number of carboxylic acid groups (broad SMARTS) is 1. The van der Waals surface area contributed by atoms with Gasteiger partial charge < -0.3 is 5.11 Å². The first-order valence-corrected chi connectivity index (χ1v) is 6.66. The van der Waals surface area contributed by atoms with Crippen LogP contribution in [0.3, 0.4) is 0 Å². The van der Waals surface area contributed by atoms with Crippen molar-refractivity contribution in [3.05, 3.63) is 45.4 Å². The summed E-state index contributed by atoms with van der Waals surface area (Å²) < 4.78 is 3.25. The van der Waals surface area contributed by atoms with Crippen molar-refractivity contribution in [2.45, 2.75) is 40.3 Å². The van der Waals surface area contributed by atoms with Crippen LogP contribution in [0.1, 0.15) is 22.5 Å². The Morgan fingerprint density at radius 3 is 2.57 bits per heavy atom. The van der Waals surface area contributed by atoms with Crippen LogP contribution in [-0.2, 0) is 24.3 Å². The minimum absolute atomic E-state index is 0.133. The smallest absolute Gasteiger partial charge is 0.348 e. The molecule has 0 aliphatic carbocycles. The van der Waals surface area contributed by atoms with Crippen LogP contribution in [0.25, 0.3) is 0 Å². The molecule has 0 aromatic carbocycles. The molecule has 7 nitrogen and oxygen atoms in total. The van der Waals surface area contributed by atoms with Gasteiger partial charge in [0.05, 0.1) is 19.2 Å². The number of aryl methyl sites for hydroxylation is 3. The normalized spacial score (nSPS) is 10.8. The molecule has 0 fully saturated rings. The largest absolute Gasteiger partial charge is 0.481 e. The maximum absolute atomic E-state index is 12.0. The van der Waals surface area contributed by atoms with E-state index >= 15 is 0 Å². The molecular formula is C14H18N4O3. The summed E-state index contributed by atoms with van der Waals surface area (Å²) in [4.78, 5) is 26.8. The summed E-state index contributed by atoms with van der Waals surface area (Å²) in [6.07, 6.45) is 3.50. The van der Waals surface area contributed by atoms with E-state index in [1.165, 1.54) is 4.57 Å². The van der Waals surface area contributed by atoms with Gasteiger partial charge in [-0.2, -0.15) is 10.1 Å². The third-order valence-corrected chi connectivity index (χ3v) is 3.42. The maximum Gasteiger partial charge on any atom is 0.348 e. The highest BCUT2D eigenvalue weighted by Gasteiger charge is 2.14. The second kappa shape index (κ2) is 5.90. The van der Waals surface area contributed by atoms with E-state index in [2.05, 4.69) is 10.1 Å². The van der Waals surface area contributed by atoms with Crippen molar-refractivity contribution in [1.29, 1.82) is 0 Å². The van der Waals surface area contributed by atoms with Gasteiger partial charge in [-0.3, -0.25) is 14.0 Å². The average Bonchev–Trinajstić information content (AvgIpc) is 2.80. The molecule has 0 aliphatic heterocycles. The van der Waals surface area contributed by atoms with Gasteiger partial charge >= 0.3 is 11.7 Å². The predicted octanol–water partition coefficient (Wildman–Crippen LogP) is 0.692. The number of carboxylic acids is 1. The number of hydrogen-bond acceptors (Lipinski definition) is 4. The van der Waals surface area contributed by atoms with E-state index in [0.29, 0.717) is 30.0 Å². The first-order valence-electron chi connectivity index (χ1n) is 6.66. The van der Waals surface area contributed by atoms with Crippen LogP contribution in [-0.4, -0.2) is 30.4 Å². The van der Waals surface area contributed by atoms with E-state index in [1.54, 1.807) is 24.7 Å². The molecule has 21 heavy (non-hydrogen) atoms. The van der Waals surface area contributed by atoms with Crippen LogP contribution in [0.15, 0.2) is 17.2 Å². The summed E-state index contributed by atoms with van der Waals surface area (Å²) in [6.45, 7) is 6.30. The Morgan fingerprint density at radius 1 is 1.29 bits per heavy atom. The first-order chi connectivity index (χ1) is 9.88. The van der Waals surface area contributed by atoms with Crippen molar-refractivity contribution in [2.75, 3.05) is 0 Å². The van der Waals surface area contributed by atoms with Crippen LogP contribution in [0, 0.1) is 20.8 Å². The zero-order valence-electron chi connectivity index (χ0n) is 12.3. The molecule has 0 aliphatic rings. The molecule has 2 heterocycles. The molecule has 0 saturated carbocycles. The lowest BCUT2D eigenvalue weighted by Gasteiger charge is -2.14. The van der Waals surface area contributed by atoms with Gasteiger partial charge in [-0.15, -0.1) is 0 Å². The standard InChI is InChI=1S/C14H18N4O3/c1-9-7-15-17(8-9)4-5-18-11(3)12(6-13(19)20)10(2)16-14(18)21/h7-8H,4-6H2,1-3H3,(H,19,20). The Labute approximate surface area is 121 Å². The molecule has 0 bridgehead atoms. The minimum atomic E-state index is -0.934. The minimum Gasteiger partial charge on any atom is -0.481 e. The van der Waals surface area contributed by atoms with Gasteiger partial charge in [0, 0.05) is 29.7 Å². The van der Waals surface area contributed by atoms with Crippen molar-refractivity contribution in [1.82, 2.24) is 19.3 Å². The van der Waals surface area contributed by atoms with Crippen LogP contribution < -0.4 is 5.69 Å². The molecule has 0 radical (unpaired) electrons. The SMILES string of the molecule is Cc1cnn(CCn2c(C)c(CC(=O)O)c(C)nc2=O)c1. The van der Waals surface area contributed by atoms with E-state index in [1.807, 2.05) is 13.1 Å². The van der Waals surface area contributed by atoms with Gasteiger partial charge in [0.2, 0.25) is 0 Å². The zero-order valence-corrected chi connectivity index (χ0v) is 12.3. The van der Waals surface area contributed by atoms with Crippen LogP contribution in [0.4, 0.5) is 0 Å². The number of aromatic nitrogens is 4. The Hall–Kier alpha value is -2.44. The zero-order chi connectivity index (χ0) is 15.6. The fourth-order valence-corrected chi connectivity index (χ4v) is 2.30. The van der Waals surface area contributed by atoms with Crippen LogP contribution in [0.5, 0.6) is 0 Å². The van der Waals surface area contributed by atoms with Gasteiger partial charge in [0.15, 0.2) is 0 Å². The number of carbonyl (C=O) groups is 1. The first kappa shape index (κ1) is 15.0. The highest BCUT2D eigenvalue weighted by Crippen LogP contribution is 2.10. The summed E-state index contributed by atoms with van der Waals surface area (Å²) in [5.74, 6) is -0.934. The van der Waals surface area contributed by atoms with E-state index in [0.717, 1.165) is 5.56 Å². The Kier molecular flexibility index (Phi) is 4.21. The molecular weight excluding hydrogens is 272 g/mol. The molecule has 0 unspecified atom stereocenters. The molecule has 2 aromatic rings. The number of aliphatic carboxylic acids is 1. The Bertz CT molecular complexity index is 730. The highest BCUT2D eigenvalue weighted by atomic mass is 16.4. The monoisotopic (exact) mass is 290 g/mol. The molecule has 0 amide bonds. The molecule has 0 atom stereocenters. The molecule has 2 aromatic heterocycles. The quantitative estimate of drug-likeness (QED) is 0.875. The van der Waals surface area contributed by atoms with Crippen molar-refractivity contribution >= 4 is 5.97 Å². The number of rotatable bonds is 5. The topological polar surface area (TPSA) is 90.0 Å². The van der Waals surface area contributed by atoms with Gasteiger partial charge in [-0.25, -0.2) is 4.79 Å². The van der Waals surface area contributed by atoms with Gasteiger partial charge in [0.1, 0.15) is 0 Å². The Balaban J connectivity index is 2.30. The predicted molar refractivity (Wildman–Crippen MR) is 76.3 cm³/mol. The lowest BCUT2D eigenvalue weighted by atomic mass is 10.1. The number of nitrogens with zero attached hydrogens (tertiary/aromatic N) is 4. The van der Waals surface area contributed by atoms with Crippen molar-refractivity contribution in [2.24, 2.45) is 0 Å². The highest BCUT2D eigenvalue weighted by molar-refractivity contribution is 5.70. The van der Waals surface area contributed by atoms with E-state index in [-0.39, 0.29) is 12.1 Å². The molecule has 7 heteroatoms. The van der Waals surface area contributed by atoms with Crippen molar-refractivity contribution in [3.8, 4) is 0 Å². The average molecular weight is 290 g/mol. The van der Waals surface area contributed by atoms with Gasteiger partial charge in [-0.05, 0) is 26.3 Å². The number of hydrogen-bond donors (Lipinski definition) is 1. The maximum atomic E-state index is 12.0. The molecule has 0 spiro atoms. The lowest BCUT2D eigenvalue weighted by Crippen LogP contribution is -2.30. The molecule has 0 saturated heterocycles. The summed E-state index contributed by atoms with van der Waals surface area (Å²) in [5.41, 5.74) is 2.42. The third-order valence-electron chi connectivity index (χ3n) is 3.42. The molecule has 112 valence electrons. The summed E-state index contributed by atoms with van der Waals surface area (Å²) in [5, 5.41) is 13.1. The second-order valence-electron chi connectivity index (χ2n) is 5.05. The van der Waals surface area contributed by atoms with Gasteiger partial charge in [-0.1, -0.05) is 0 Å². The van der Waals surface area contributed by atoms with Crippen LogP contribution in [0.2, 0.25) is 0 Å².